The number of carbonyl (C=O) groups is 2. The molecule has 0 radical (unpaired) electrons. The number of thiophene rings is 1. The van der Waals surface area contributed by atoms with E-state index in [4.69, 9.17) is 21.1 Å². The fraction of sp³-hybridized carbons (Fsp3) is 0.385. The van der Waals surface area contributed by atoms with Gasteiger partial charge in [0.15, 0.2) is 0 Å². The van der Waals surface area contributed by atoms with Gasteiger partial charge in [0.1, 0.15) is 36.3 Å². The molecule has 7 rings (SSSR count). The number of amides is 1. The van der Waals surface area contributed by atoms with Gasteiger partial charge in [0, 0.05) is 53.8 Å². The van der Waals surface area contributed by atoms with Gasteiger partial charge in [-0.25, -0.2) is 13.6 Å². The molecule has 0 bridgehead atoms. The number of aromatic carboxylic acids is 1. The number of nitrogens with zero attached hydrogens (tertiary/aromatic N) is 1. The smallest absolute Gasteiger partial charge is 0.393 e. The van der Waals surface area contributed by atoms with Gasteiger partial charge < -0.3 is 45.5 Å². The summed E-state index contributed by atoms with van der Waals surface area (Å²) >= 11 is 7.60. The molecule has 3 heterocycles. The number of aliphatic hydroxyl groups is 1. The third kappa shape index (κ3) is 14.1. The Morgan fingerprint density at radius 2 is 1.79 bits per heavy atom. The van der Waals surface area contributed by atoms with Gasteiger partial charge in [-0.05, 0) is 85.8 Å². The number of carbonyl (C=O) groups excluding carboxylic acids is 1. The number of unbranched alkanes of at least 4 members (excludes halogenated alkanes) is 4. The molecule has 1 fully saturated rings. The topological polar surface area (TPSA) is 160 Å². The lowest BCUT2D eigenvalue weighted by Gasteiger charge is -2.33. The number of aromatic nitrogens is 1. The highest BCUT2D eigenvalue weighted by Crippen LogP contribution is 2.40. The fourth-order valence-corrected chi connectivity index (χ4v) is 9.98. The van der Waals surface area contributed by atoms with Crippen molar-refractivity contribution in [3.8, 4) is 34.5 Å². The van der Waals surface area contributed by atoms with Crippen molar-refractivity contribution in [2.24, 2.45) is 0 Å². The van der Waals surface area contributed by atoms with Gasteiger partial charge >= 0.3 is 12.1 Å². The van der Waals surface area contributed by atoms with Crippen molar-refractivity contribution in [1.29, 1.82) is 0 Å². The molecular weight excluding hydrogens is 967 g/mol. The van der Waals surface area contributed by atoms with Crippen LogP contribution < -0.4 is 30.7 Å². The minimum absolute atomic E-state index is 0.0235. The van der Waals surface area contributed by atoms with Crippen LogP contribution in [0.5, 0.6) is 11.5 Å². The summed E-state index contributed by atoms with van der Waals surface area (Å²) in [6.07, 6.45) is -1.83. The number of piperidine rings is 1. The van der Waals surface area contributed by atoms with E-state index in [2.05, 4.69) is 38.1 Å². The monoisotopic (exact) mass is 1020 g/mol. The zero-order valence-electron chi connectivity index (χ0n) is 39.2. The SMILES string of the molecule is COc1cc(C(O)NCCCCCCCC(=O)NCCOc2ccc(-c3cc4c(C(=O)O)c[nH]c4cc3Cl)cc2)c(F)cc1NCC#Cc1sc2c(N[C@@H]3CCN(C)C[C@@H]3F)cccc2c1CC(F)(F)F. The predicted octanol–water partition coefficient (Wildman–Crippen LogP) is 10.7. The molecule has 1 saturated heterocycles. The molecular formula is C52H56ClF5N6O6S. The second-order valence-corrected chi connectivity index (χ2v) is 18.8. The van der Waals surface area contributed by atoms with Gasteiger partial charge in [0.2, 0.25) is 5.91 Å². The molecule has 378 valence electrons. The van der Waals surface area contributed by atoms with Crippen LogP contribution in [0.1, 0.15) is 77.5 Å². The molecule has 71 heavy (non-hydrogen) atoms. The van der Waals surface area contributed by atoms with E-state index in [0.29, 0.717) is 88.3 Å². The van der Waals surface area contributed by atoms with Crippen LogP contribution >= 0.6 is 22.9 Å². The van der Waals surface area contributed by atoms with Crippen LogP contribution in [0.25, 0.3) is 32.1 Å². The molecule has 7 N–H and O–H groups in total. The number of carboxylic acid groups (broad SMARTS) is 1. The minimum Gasteiger partial charge on any atom is -0.495 e. The second kappa shape index (κ2) is 24.3. The molecule has 0 aliphatic carbocycles. The maximum Gasteiger partial charge on any atom is 0.393 e. The summed E-state index contributed by atoms with van der Waals surface area (Å²) in [4.78, 5) is 29.0. The molecule has 2 aromatic heterocycles. The van der Waals surface area contributed by atoms with E-state index in [1.54, 1.807) is 42.5 Å². The molecule has 4 aromatic carbocycles. The van der Waals surface area contributed by atoms with E-state index in [1.165, 1.54) is 25.4 Å². The number of nitrogens with one attached hydrogen (secondary N) is 5. The number of methoxy groups -OCH3 is 1. The number of rotatable bonds is 22. The van der Waals surface area contributed by atoms with Gasteiger partial charge in [-0.3, -0.25) is 10.1 Å². The Morgan fingerprint density at radius 3 is 2.54 bits per heavy atom. The maximum atomic E-state index is 15.3. The Bertz CT molecular complexity index is 2870. The first kappa shape index (κ1) is 52.7. The number of halogens is 6. The third-order valence-corrected chi connectivity index (χ3v) is 13.7. The molecule has 1 aliphatic heterocycles. The van der Waals surface area contributed by atoms with Crippen LogP contribution in [0.2, 0.25) is 5.02 Å². The normalized spacial score (nSPS) is 15.6. The van der Waals surface area contributed by atoms with Crippen molar-refractivity contribution >= 4 is 67.2 Å². The molecule has 12 nitrogen and oxygen atoms in total. The van der Waals surface area contributed by atoms with E-state index in [1.807, 2.05) is 24.1 Å². The van der Waals surface area contributed by atoms with Crippen LogP contribution in [0, 0.1) is 17.7 Å². The number of alkyl halides is 4. The number of carboxylic acids is 1. The Hall–Kier alpha value is -6.10. The third-order valence-electron chi connectivity index (χ3n) is 12.2. The molecule has 1 unspecified atom stereocenters. The van der Waals surface area contributed by atoms with Crippen LogP contribution in [0.15, 0.2) is 72.9 Å². The average Bonchev–Trinajstić information content (AvgIpc) is 3.91. The Kier molecular flexibility index (Phi) is 18.1. The van der Waals surface area contributed by atoms with Gasteiger partial charge in [-0.1, -0.05) is 67.0 Å². The quantitative estimate of drug-likeness (QED) is 0.0151. The highest BCUT2D eigenvalue weighted by molar-refractivity contribution is 7.20. The highest BCUT2D eigenvalue weighted by Gasteiger charge is 2.32. The molecule has 1 amide bonds. The zero-order valence-corrected chi connectivity index (χ0v) is 40.8. The summed E-state index contributed by atoms with van der Waals surface area (Å²) in [5, 5.41) is 33.7. The number of aliphatic hydroxyl groups excluding tert-OH is 1. The lowest BCUT2D eigenvalue weighted by atomic mass is 10.0. The van der Waals surface area contributed by atoms with E-state index in [-0.39, 0.29) is 58.6 Å². The second-order valence-electron chi connectivity index (χ2n) is 17.4. The number of ether oxygens (including phenoxy) is 2. The van der Waals surface area contributed by atoms with Crippen molar-refractivity contribution in [2.75, 3.05) is 64.1 Å². The number of anilines is 2. The number of aromatic amines is 1. The van der Waals surface area contributed by atoms with Crippen molar-refractivity contribution in [3.63, 3.8) is 0 Å². The van der Waals surface area contributed by atoms with Crippen molar-refractivity contribution in [2.45, 2.75) is 76.0 Å². The number of likely N-dealkylation sites (tertiary alicyclic amines) is 1. The van der Waals surface area contributed by atoms with Crippen molar-refractivity contribution in [1.82, 2.24) is 20.5 Å². The van der Waals surface area contributed by atoms with Gasteiger partial charge in [-0.15, -0.1) is 11.3 Å². The van der Waals surface area contributed by atoms with E-state index >= 15 is 4.39 Å². The van der Waals surface area contributed by atoms with Crippen LogP contribution in [0.3, 0.4) is 0 Å². The zero-order chi connectivity index (χ0) is 50.7. The van der Waals surface area contributed by atoms with Gasteiger partial charge in [-0.2, -0.15) is 13.2 Å². The highest BCUT2D eigenvalue weighted by atomic mass is 35.5. The first-order valence-corrected chi connectivity index (χ1v) is 24.5. The fourth-order valence-electron chi connectivity index (χ4n) is 8.54. The van der Waals surface area contributed by atoms with E-state index in [9.17, 15) is 37.4 Å². The number of benzene rings is 4. The van der Waals surface area contributed by atoms with Gasteiger partial charge in [0.05, 0.1) is 64.2 Å². The Balaban J connectivity index is 0.799. The number of hydrogen-bond donors (Lipinski definition) is 7. The summed E-state index contributed by atoms with van der Waals surface area (Å²) < 4.78 is 83.4. The number of H-pyrrole nitrogens is 1. The van der Waals surface area contributed by atoms with E-state index in [0.717, 1.165) is 36.2 Å². The summed E-state index contributed by atoms with van der Waals surface area (Å²) in [5.41, 5.74) is 3.11. The number of fused-ring (bicyclic) bond motifs is 2. The average molecular weight is 1020 g/mol. The van der Waals surface area contributed by atoms with Crippen molar-refractivity contribution < 1.29 is 51.2 Å². The van der Waals surface area contributed by atoms with Crippen molar-refractivity contribution in [3.05, 3.63) is 105 Å². The first-order valence-electron chi connectivity index (χ1n) is 23.3. The number of hydrogen-bond acceptors (Lipinski definition) is 10. The Labute approximate surface area is 417 Å². The Morgan fingerprint density at radius 1 is 1.01 bits per heavy atom. The molecule has 1 aliphatic rings. The predicted molar refractivity (Wildman–Crippen MR) is 269 cm³/mol. The first-order chi connectivity index (χ1) is 34.1. The lowest BCUT2D eigenvalue weighted by molar-refractivity contribution is -0.127. The molecule has 6 aromatic rings. The summed E-state index contributed by atoms with van der Waals surface area (Å²) in [6.45, 7) is 1.92. The summed E-state index contributed by atoms with van der Waals surface area (Å²) in [5.74, 6) is 4.76. The van der Waals surface area contributed by atoms with Crippen LogP contribution in [-0.2, 0) is 11.2 Å². The molecule has 19 heteroatoms. The largest absolute Gasteiger partial charge is 0.495 e. The van der Waals surface area contributed by atoms with Crippen LogP contribution in [0.4, 0.5) is 33.3 Å². The minimum atomic E-state index is -4.49. The maximum absolute atomic E-state index is 15.3. The van der Waals surface area contributed by atoms with Gasteiger partial charge in [0.25, 0.3) is 0 Å². The van der Waals surface area contributed by atoms with Crippen LogP contribution in [-0.4, -0.2) is 104 Å². The standard InChI is InChI=1S/C52H56ClF5N6O6S/c1-64-22-18-42(41(55)30-64)63-43-11-8-10-33-37(28-52(56,57)58)47(71-49(33)43)12-9-20-59-45-27-40(54)36(25-46(45)69-2)50(66)61-19-7-5-3-4-6-13-48(65)60-21-23-70-32-16-14-31(15-17-32)34-24-35-38(51(67)68)29-62-44(35)26-39(34)53/h8,10-11,14-17,24-27,29,41-42,50,59,61-63,66H,3-7,13,18-23,28,30H2,1-2H3,(H,60,65)(H,67,68)/t41-,42+,50?/m0/s1. The summed E-state index contributed by atoms with van der Waals surface area (Å²) in [7, 11) is 3.24. The molecule has 0 saturated carbocycles. The van der Waals surface area contributed by atoms with E-state index < -0.39 is 42.8 Å². The molecule has 0 spiro atoms. The molecule has 3 atom stereocenters. The lowest BCUT2D eigenvalue weighted by Crippen LogP contribution is -2.46. The summed E-state index contributed by atoms with van der Waals surface area (Å²) in [6, 6.07) is 17.8.